The van der Waals surface area contributed by atoms with E-state index in [4.69, 9.17) is 0 Å². The van der Waals surface area contributed by atoms with Crippen LogP contribution in [0.15, 0.2) is 30.3 Å². The highest BCUT2D eigenvalue weighted by Gasteiger charge is 2.41. The fraction of sp³-hybridized carbons (Fsp3) is 0.455. The standard InChI is InChI=1S/C11H14F3NOS/c1-8(2)17(16)15-10(11(12,13)14)9-6-4-3-5-7-9/h3-8,10,15H,1-2H3/t10-,17-/m0/s1. The lowest BCUT2D eigenvalue weighted by molar-refractivity contribution is -0.152. The molecule has 0 aromatic heterocycles. The minimum absolute atomic E-state index is 0.0639. The van der Waals surface area contributed by atoms with Gasteiger partial charge in [-0.15, -0.1) is 0 Å². The largest absolute Gasteiger partial charge is 0.408 e. The average molecular weight is 265 g/mol. The quantitative estimate of drug-likeness (QED) is 0.891. The van der Waals surface area contributed by atoms with Crippen LogP contribution in [0.1, 0.15) is 25.5 Å². The molecule has 0 aliphatic rings. The van der Waals surface area contributed by atoms with Crippen LogP contribution in [-0.4, -0.2) is 15.6 Å². The highest BCUT2D eigenvalue weighted by molar-refractivity contribution is 7.83. The van der Waals surface area contributed by atoms with E-state index in [0.29, 0.717) is 0 Å². The van der Waals surface area contributed by atoms with Crippen molar-refractivity contribution in [1.29, 1.82) is 0 Å². The molecule has 1 rings (SSSR count). The van der Waals surface area contributed by atoms with Gasteiger partial charge in [-0.1, -0.05) is 30.3 Å². The molecule has 1 N–H and O–H groups in total. The first-order chi connectivity index (χ1) is 7.82. The topological polar surface area (TPSA) is 29.1 Å². The van der Waals surface area contributed by atoms with Crippen molar-refractivity contribution in [3.8, 4) is 0 Å². The van der Waals surface area contributed by atoms with Gasteiger partial charge in [0.2, 0.25) is 0 Å². The minimum atomic E-state index is -4.47. The molecule has 6 heteroatoms. The molecule has 0 aliphatic heterocycles. The zero-order valence-corrected chi connectivity index (χ0v) is 10.3. The Labute approximate surface area is 101 Å². The Morgan fingerprint density at radius 3 is 2.12 bits per heavy atom. The van der Waals surface area contributed by atoms with Crippen LogP contribution in [0, 0.1) is 0 Å². The predicted octanol–water partition coefficient (Wildman–Crippen LogP) is 2.95. The Bertz CT molecular complexity index is 378. The molecule has 2 atom stereocenters. The summed E-state index contributed by atoms with van der Waals surface area (Å²) in [5.41, 5.74) is 0.0639. The number of nitrogens with one attached hydrogen (secondary N) is 1. The third-order valence-corrected chi connectivity index (χ3v) is 3.45. The van der Waals surface area contributed by atoms with E-state index in [2.05, 4.69) is 4.72 Å². The van der Waals surface area contributed by atoms with Gasteiger partial charge in [0.25, 0.3) is 0 Å². The molecule has 0 amide bonds. The van der Waals surface area contributed by atoms with Gasteiger partial charge in [-0.25, -0.2) is 8.93 Å². The third-order valence-electron chi connectivity index (χ3n) is 2.12. The van der Waals surface area contributed by atoms with Crippen molar-refractivity contribution < 1.29 is 17.4 Å². The van der Waals surface area contributed by atoms with Crippen LogP contribution in [0.5, 0.6) is 0 Å². The van der Waals surface area contributed by atoms with Crippen molar-refractivity contribution in [3.63, 3.8) is 0 Å². The summed E-state index contributed by atoms with van der Waals surface area (Å²) in [6, 6.07) is 5.51. The molecule has 0 fully saturated rings. The van der Waals surface area contributed by atoms with Crippen LogP contribution in [0.4, 0.5) is 13.2 Å². The molecule has 17 heavy (non-hydrogen) atoms. The summed E-state index contributed by atoms with van der Waals surface area (Å²) in [5, 5.41) is -0.372. The fourth-order valence-electron chi connectivity index (χ4n) is 1.22. The summed E-state index contributed by atoms with van der Waals surface area (Å²) in [4.78, 5) is 0. The Morgan fingerprint density at radius 2 is 1.71 bits per heavy atom. The molecule has 0 aliphatic carbocycles. The van der Waals surface area contributed by atoms with Gasteiger partial charge in [-0.3, -0.25) is 0 Å². The SMILES string of the molecule is CC(C)[S@](=O)N[C@@H](c1ccccc1)C(F)(F)F. The van der Waals surface area contributed by atoms with Crippen molar-refractivity contribution in [2.24, 2.45) is 0 Å². The molecule has 0 saturated carbocycles. The van der Waals surface area contributed by atoms with E-state index >= 15 is 0 Å². The number of benzene rings is 1. The molecule has 0 unspecified atom stereocenters. The average Bonchev–Trinajstić information content (AvgIpc) is 2.25. The third kappa shape index (κ3) is 4.12. The minimum Gasteiger partial charge on any atom is -0.243 e. The van der Waals surface area contributed by atoms with Crippen LogP contribution >= 0.6 is 0 Å². The van der Waals surface area contributed by atoms with Gasteiger partial charge in [0.15, 0.2) is 0 Å². The van der Waals surface area contributed by atoms with E-state index in [9.17, 15) is 17.4 Å². The molecule has 96 valence electrons. The van der Waals surface area contributed by atoms with Crippen molar-refractivity contribution >= 4 is 11.0 Å². The maximum absolute atomic E-state index is 12.8. The molecule has 1 aromatic carbocycles. The molecule has 0 bridgehead atoms. The molecule has 0 heterocycles. The maximum Gasteiger partial charge on any atom is 0.408 e. The van der Waals surface area contributed by atoms with E-state index in [1.807, 2.05) is 0 Å². The van der Waals surface area contributed by atoms with Gasteiger partial charge in [-0.2, -0.15) is 13.2 Å². The first-order valence-corrected chi connectivity index (χ1v) is 6.32. The lowest BCUT2D eigenvalue weighted by Crippen LogP contribution is -2.37. The van der Waals surface area contributed by atoms with Gasteiger partial charge >= 0.3 is 6.18 Å². The lowest BCUT2D eigenvalue weighted by atomic mass is 10.1. The van der Waals surface area contributed by atoms with Gasteiger partial charge in [0.1, 0.15) is 6.04 Å². The van der Waals surface area contributed by atoms with Gasteiger partial charge in [-0.05, 0) is 19.4 Å². The number of alkyl halides is 3. The second-order valence-electron chi connectivity index (χ2n) is 3.85. The fourth-order valence-corrected chi connectivity index (χ4v) is 2.00. The van der Waals surface area contributed by atoms with Gasteiger partial charge < -0.3 is 0 Å². The zero-order valence-electron chi connectivity index (χ0n) is 9.49. The Kier molecular flexibility index (Phi) is 4.70. The Hall–Kier alpha value is -0.880. The highest BCUT2D eigenvalue weighted by Crippen LogP contribution is 2.32. The predicted molar refractivity (Wildman–Crippen MR) is 61.7 cm³/mol. The lowest BCUT2D eigenvalue weighted by Gasteiger charge is -2.22. The van der Waals surface area contributed by atoms with Crippen molar-refractivity contribution in [2.75, 3.05) is 0 Å². The molecular formula is C11H14F3NOS. The monoisotopic (exact) mass is 265 g/mol. The van der Waals surface area contributed by atoms with E-state index in [0.717, 1.165) is 0 Å². The number of hydrogen-bond acceptors (Lipinski definition) is 1. The molecule has 2 nitrogen and oxygen atoms in total. The first kappa shape index (κ1) is 14.2. The van der Waals surface area contributed by atoms with Crippen LogP contribution < -0.4 is 4.72 Å². The second-order valence-corrected chi connectivity index (χ2v) is 5.62. The first-order valence-electron chi connectivity index (χ1n) is 5.10. The molecule has 0 spiro atoms. The summed E-state index contributed by atoms with van der Waals surface area (Å²) in [6.45, 7) is 3.20. The maximum atomic E-state index is 12.8. The zero-order chi connectivity index (χ0) is 13.1. The summed E-state index contributed by atoms with van der Waals surface area (Å²) in [5.74, 6) is 0. The van der Waals surface area contributed by atoms with E-state index in [1.165, 1.54) is 24.3 Å². The Balaban J connectivity index is 2.95. The van der Waals surface area contributed by atoms with Crippen molar-refractivity contribution in [1.82, 2.24) is 4.72 Å². The van der Waals surface area contributed by atoms with Crippen LogP contribution in [0.25, 0.3) is 0 Å². The van der Waals surface area contributed by atoms with Crippen LogP contribution in [-0.2, 0) is 11.0 Å². The number of hydrogen-bond donors (Lipinski definition) is 1. The summed E-state index contributed by atoms with van der Waals surface area (Å²) in [6.07, 6.45) is -4.47. The summed E-state index contributed by atoms with van der Waals surface area (Å²) in [7, 11) is -1.72. The van der Waals surface area contributed by atoms with Gasteiger partial charge in [0.05, 0.1) is 11.0 Å². The van der Waals surface area contributed by atoms with Crippen LogP contribution in [0.2, 0.25) is 0 Å². The van der Waals surface area contributed by atoms with Crippen molar-refractivity contribution in [2.45, 2.75) is 31.3 Å². The smallest absolute Gasteiger partial charge is 0.243 e. The molecule has 0 radical (unpaired) electrons. The highest BCUT2D eigenvalue weighted by atomic mass is 32.2. The molecular weight excluding hydrogens is 251 g/mol. The van der Waals surface area contributed by atoms with E-state index in [1.54, 1.807) is 19.9 Å². The van der Waals surface area contributed by atoms with Gasteiger partial charge in [0, 0.05) is 5.25 Å². The molecule has 1 aromatic rings. The number of rotatable bonds is 4. The summed E-state index contributed by atoms with van der Waals surface area (Å²) < 4.78 is 52.1. The van der Waals surface area contributed by atoms with E-state index < -0.39 is 23.2 Å². The number of halogens is 3. The Morgan fingerprint density at radius 1 is 1.18 bits per heavy atom. The van der Waals surface area contributed by atoms with Crippen molar-refractivity contribution in [3.05, 3.63) is 35.9 Å². The summed E-state index contributed by atoms with van der Waals surface area (Å²) >= 11 is 0. The van der Waals surface area contributed by atoms with E-state index in [-0.39, 0.29) is 10.8 Å². The molecule has 0 saturated heterocycles. The normalized spacial score (nSPS) is 15.9. The van der Waals surface area contributed by atoms with Crippen LogP contribution in [0.3, 0.4) is 0 Å². The second kappa shape index (κ2) is 5.64.